The Hall–Kier alpha value is -3.24. The van der Waals surface area contributed by atoms with Gasteiger partial charge in [-0.15, -0.1) is 0 Å². The van der Waals surface area contributed by atoms with Crippen LogP contribution in [0.15, 0.2) is 35.3 Å². The number of rotatable bonds is 9. The summed E-state index contributed by atoms with van der Waals surface area (Å²) in [6, 6.07) is 5.07. The molecule has 1 saturated heterocycles. The SMILES string of the molecule is CCCCOc1c(C(=O)N2CCOCC2CO)[nH]cc(C(=O)NCc2ccc(F)cc2)c1=O. The van der Waals surface area contributed by atoms with Gasteiger partial charge in [-0.1, -0.05) is 25.5 Å². The summed E-state index contributed by atoms with van der Waals surface area (Å²) >= 11 is 0. The molecule has 33 heavy (non-hydrogen) atoms. The minimum Gasteiger partial charge on any atom is -0.487 e. The van der Waals surface area contributed by atoms with Crippen LogP contribution in [0.3, 0.4) is 0 Å². The van der Waals surface area contributed by atoms with Gasteiger partial charge in [-0.2, -0.15) is 0 Å². The summed E-state index contributed by atoms with van der Waals surface area (Å²) < 4.78 is 24.0. The molecule has 1 fully saturated rings. The Kier molecular flexibility index (Phi) is 8.56. The zero-order valence-corrected chi connectivity index (χ0v) is 18.4. The van der Waals surface area contributed by atoms with Gasteiger partial charge in [0.25, 0.3) is 11.8 Å². The number of benzene rings is 1. The van der Waals surface area contributed by atoms with Crippen LogP contribution in [0.5, 0.6) is 5.75 Å². The highest BCUT2D eigenvalue weighted by molar-refractivity contribution is 5.98. The second kappa shape index (κ2) is 11.6. The fraction of sp³-hybridized carbons (Fsp3) is 0.435. The topological polar surface area (TPSA) is 121 Å². The highest BCUT2D eigenvalue weighted by Gasteiger charge is 2.31. The summed E-state index contributed by atoms with van der Waals surface area (Å²) in [5.74, 6) is -1.79. The van der Waals surface area contributed by atoms with E-state index in [0.29, 0.717) is 18.6 Å². The number of aliphatic hydroxyl groups excluding tert-OH is 1. The summed E-state index contributed by atoms with van der Waals surface area (Å²) in [6.45, 7) is 2.71. The van der Waals surface area contributed by atoms with Gasteiger partial charge in [0.15, 0.2) is 11.4 Å². The second-order valence-electron chi connectivity index (χ2n) is 7.66. The van der Waals surface area contributed by atoms with E-state index in [2.05, 4.69) is 10.3 Å². The van der Waals surface area contributed by atoms with Crippen molar-refractivity contribution >= 4 is 11.8 Å². The zero-order valence-electron chi connectivity index (χ0n) is 18.4. The number of halogens is 1. The largest absolute Gasteiger partial charge is 0.487 e. The average molecular weight is 461 g/mol. The summed E-state index contributed by atoms with van der Waals surface area (Å²) in [4.78, 5) is 43.1. The Morgan fingerprint density at radius 3 is 2.79 bits per heavy atom. The number of pyridine rings is 1. The van der Waals surface area contributed by atoms with E-state index in [1.807, 2.05) is 6.92 Å². The van der Waals surface area contributed by atoms with Crippen molar-refractivity contribution in [2.24, 2.45) is 0 Å². The predicted octanol–water partition coefficient (Wildman–Crippen LogP) is 1.46. The molecule has 1 unspecified atom stereocenters. The van der Waals surface area contributed by atoms with E-state index < -0.39 is 23.3 Å². The lowest BCUT2D eigenvalue weighted by atomic mass is 10.1. The first kappa shape index (κ1) is 24.4. The van der Waals surface area contributed by atoms with Crippen LogP contribution in [0.25, 0.3) is 0 Å². The third-order valence-corrected chi connectivity index (χ3v) is 5.31. The molecule has 0 bridgehead atoms. The first-order valence-electron chi connectivity index (χ1n) is 10.9. The molecule has 0 saturated carbocycles. The van der Waals surface area contributed by atoms with Crippen molar-refractivity contribution < 1.29 is 28.6 Å². The molecule has 1 aromatic heterocycles. The smallest absolute Gasteiger partial charge is 0.274 e. The first-order chi connectivity index (χ1) is 16.0. The van der Waals surface area contributed by atoms with Gasteiger partial charge in [0.1, 0.15) is 11.4 Å². The van der Waals surface area contributed by atoms with Crippen molar-refractivity contribution in [1.82, 2.24) is 15.2 Å². The number of carbonyl (C=O) groups excluding carboxylic acids is 2. The molecule has 10 heteroatoms. The molecule has 2 aromatic rings. The van der Waals surface area contributed by atoms with Gasteiger partial charge in [-0.3, -0.25) is 14.4 Å². The third-order valence-electron chi connectivity index (χ3n) is 5.31. The van der Waals surface area contributed by atoms with Crippen molar-refractivity contribution in [3.63, 3.8) is 0 Å². The van der Waals surface area contributed by atoms with E-state index in [-0.39, 0.29) is 55.7 Å². The molecule has 1 aliphatic heterocycles. The van der Waals surface area contributed by atoms with Crippen molar-refractivity contribution in [2.45, 2.75) is 32.4 Å². The lowest BCUT2D eigenvalue weighted by Gasteiger charge is -2.34. The van der Waals surface area contributed by atoms with Gasteiger partial charge < -0.3 is 29.8 Å². The van der Waals surface area contributed by atoms with Crippen molar-refractivity contribution in [1.29, 1.82) is 0 Å². The molecule has 9 nitrogen and oxygen atoms in total. The molecule has 3 N–H and O–H groups in total. The lowest BCUT2D eigenvalue weighted by Crippen LogP contribution is -2.51. The number of H-pyrrole nitrogens is 1. The Bertz CT molecular complexity index is 1020. The second-order valence-corrected chi connectivity index (χ2v) is 7.66. The van der Waals surface area contributed by atoms with Crippen molar-refractivity contribution in [3.05, 3.63) is 63.3 Å². The van der Waals surface area contributed by atoms with Crippen molar-refractivity contribution in [2.75, 3.05) is 33.0 Å². The van der Waals surface area contributed by atoms with Crippen LogP contribution >= 0.6 is 0 Å². The number of aromatic amines is 1. The van der Waals surface area contributed by atoms with E-state index in [0.717, 1.165) is 6.42 Å². The fourth-order valence-electron chi connectivity index (χ4n) is 3.39. The van der Waals surface area contributed by atoms with Crippen molar-refractivity contribution in [3.8, 4) is 5.75 Å². The summed E-state index contributed by atoms with van der Waals surface area (Å²) in [5.41, 5.74) is -0.333. The van der Waals surface area contributed by atoms with Gasteiger partial charge >= 0.3 is 0 Å². The van der Waals surface area contributed by atoms with Gasteiger partial charge in [0.05, 0.1) is 32.5 Å². The van der Waals surface area contributed by atoms with Gasteiger partial charge in [0.2, 0.25) is 5.43 Å². The number of hydrogen-bond donors (Lipinski definition) is 3. The number of aliphatic hydroxyl groups is 1. The standard InChI is InChI=1S/C23H28FN3O6/c1-2-3-9-33-21-19(23(31)27-8-10-32-14-17(27)13-28)25-12-18(20(21)29)22(30)26-11-15-4-6-16(24)7-5-15/h4-7,12,17,28H,2-3,8-11,13-14H2,1H3,(H,25,29)(H,26,30). The number of unbranched alkanes of at least 4 members (excludes halogenated alkanes) is 1. The maximum Gasteiger partial charge on any atom is 0.274 e. The Morgan fingerprint density at radius 2 is 2.09 bits per heavy atom. The molecule has 0 spiro atoms. The Morgan fingerprint density at radius 1 is 1.33 bits per heavy atom. The molecule has 0 radical (unpaired) electrons. The number of carbonyl (C=O) groups is 2. The number of hydrogen-bond acceptors (Lipinski definition) is 6. The number of ether oxygens (including phenoxy) is 2. The van der Waals surface area contributed by atoms with Crippen LogP contribution in [0.1, 0.15) is 46.2 Å². The number of amides is 2. The molecule has 3 rings (SSSR count). The van der Waals surface area contributed by atoms with Gasteiger partial charge in [-0.05, 0) is 24.1 Å². The third kappa shape index (κ3) is 5.96. The lowest BCUT2D eigenvalue weighted by molar-refractivity contribution is -0.0188. The quantitative estimate of drug-likeness (QED) is 0.486. The van der Waals surface area contributed by atoms with E-state index in [1.165, 1.54) is 35.4 Å². The minimum atomic E-state index is -0.710. The van der Waals surface area contributed by atoms with Crippen LogP contribution in [-0.4, -0.2) is 65.8 Å². The van der Waals surface area contributed by atoms with E-state index in [4.69, 9.17) is 9.47 Å². The molecule has 1 aliphatic rings. The average Bonchev–Trinajstić information content (AvgIpc) is 2.84. The number of nitrogens with zero attached hydrogens (tertiary/aromatic N) is 1. The number of aromatic nitrogens is 1. The van der Waals surface area contributed by atoms with Crippen LogP contribution in [-0.2, 0) is 11.3 Å². The molecule has 2 amide bonds. The fourth-order valence-corrected chi connectivity index (χ4v) is 3.39. The Labute approximate surface area is 190 Å². The molecule has 1 aromatic carbocycles. The Balaban J connectivity index is 1.86. The van der Waals surface area contributed by atoms with E-state index in [9.17, 15) is 23.9 Å². The van der Waals surface area contributed by atoms with Crippen LogP contribution < -0.4 is 15.5 Å². The van der Waals surface area contributed by atoms with E-state index >= 15 is 0 Å². The maximum atomic E-state index is 13.2. The molecule has 178 valence electrons. The molecular weight excluding hydrogens is 433 g/mol. The molecule has 1 atom stereocenters. The number of nitrogens with one attached hydrogen (secondary N) is 2. The maximum absolute atomic E-state index is 13.2. The normalized spacial score (nSPS) is 15.8. The summed E-state index contributed by atoms with van der Waals surface area (Å²) in [5, 5.41) is 12.2. The van der Waals surface area contributed by atoms with Crippen LogP contribution in [0.4, 0.5) is 4.39 Å². The predicted molar refractivity (Wildman–Crippen MR) is 118 cm³/mol. The molecule has 2 heterocycles. The van der Waals surface area contributed by atoms with Crippen LogP contribution in [0.2, 0.25) is 0 Å². The zero-order chi connectivity index (χ0) is 23.8. The van der Waals surface area contributed by atoms with Gasteiger partial charge in [-0.25, -0.2) is 4.39 Å². The summed E-state index contributed by atoms with van der Waals surface area (Å²) in [7, 11) is 0. The minimum absolute atomic E-state index is 0.0773. The van der Waals surface area contributed by atoms with Crippen LogP contribution in [0, 0.1) is 5.82 Å². The molecule has 0 aliphatic carbocycles. The first-order valence-corrected chi connectivity index (χ1v) is 10.9. The highest BCUT2D eigenvalue weighted by Crippen LogP contribution is 2.18. The highest BCUT2D eigenvalue weighted by atomic mass is 19.1. The monoisotopic (exact) mass is 461 g/mol. The summed E-state index contributed by atoms with van der Waals surface area (Å²) in [6.07, 6.45) is 2.65. The number of morpholine rings is 1. The van der Waals surface area contributed by atoms with Gasteiger partial charge in [0, 0.05) is 19.3 Å². The van der Waals surface area contributed by atoms with E-state index in [1.54, 1.807) is 0 Å². The molecular formula is C23H28FN3O6.